The molecule has 0 atom stereocenters. The van der Waals surface area contributed by atoms with Crippen molar-refractivity contribution in [2.75, 3.05) is 0 Å². The second-order valence-electron chi connectivity index (χ2n) is 5.96. The van der Waals surface area contributed by atoms with Gasteiger partial charge in [-0.2, -0.15) is 11.3 Å². The summed E-state index contributed by atoms with van der Waals surface area (Å²) in [5.74, 6) is -1.41. The van der Waals surface area contributed by atoms with Gasteiger partial charge in [0.1, 0.15) is 0 Å². The van der Waals surface area contributed by atoms with Crippen molar-refractivity contribution in [1.29, 1.82) is 0 Å². The quantitative estimate of drug-likeness (QED) is 0.494. The molecular weight excluding hydrogens is 380 g/mol. The van der Waals surface area contributed by atoms with E-state index in [1.165, 1.54) is 22.7 Å². The topological polar surface area (TPSA) is 75.3 Å². The molecule has 0 bridgehead atoms. The molecule has 3 rings (SSSR count). The van der Waals surface area contributed by atoms with Gasteiger partial charge in [-0.3, -0.25) is 14.4 Å². The van der Waals surface area contributed by atoms with Crippen LogP contribution in [-0.4, -0.2) is 17.6 Å². The molecular formula is C20H18N2O3S2. The van der Waals surface area contributed by atoms with E-state index in [1.807, 2.05) is 41.9 Å². The molecule has 2 aromatic heterocycles. The Morgan fingerprint density at radius 1 is 0.889 bits per heavy atom. The van der Waals surface area contributed by atoms with Gasteiger partial charge in [-0.05, 0) is 36.1 Å². The lowest BCUT2D eigenvalue weighted by atomic mass is 10.1. The van der Waals surface area contributed by atoms with Crippen LogP contribution in [0.2, 0.25) is 0 Å². The minimum Gasteiger partial charge on any atom is -0.344 e. The van der Waals surface area contributed by atoms with E-state index in [0.29, 0.717) is 17.0 Å². The number of amides is 2. The number of thiophene rings is 2. The van der Waals surface area contributed by atoms with E-state index in [2.05, 4.69) is 10.6 Å². The molecule has 0 spiro atoms. The number of aryl methyl sites for hydroxylation is 1. The van der Waals surface area contributed by atoms with Crippen molar-refractivity contribution in [2.45, 2.75) is 20.0 Å². The summed E-state index contributed by atoms with van der Waals surface area (Å²) >= 11 is 2.79. The summed E-state index contributed by atoms with van der Waals surface area (Å²) in [6, 6.07) is 13.0. The normalized spacial score (nSPS) is 10.4. The third kappa shape index (κ3) is 5.12. The predicted molar refractivity (Wildman–Crippen MR) is 107 cm³/mol. The summed E-state index contributed by atoms with van der Waals surface area (Å²) in [5.41, 5.74) is 2.72. The first-order valence-electron chi connectivity index (χ1n) is 8.30. The zero-order valence-electron chi connectivity index (χ0n) is 14.7. The van der Waals surface area contributed by atoms with Gasteiger partial charge < -0.3 is 10.6 Å². The number of nitrogens with one attached hydrogen (secondary N) is 2. The molecule has 0 radical (unpaired) electrons. The van der Waals surface area contributed by atoms with E-state index in [0.717, 1.165) is 16.0 Å². The Balaban J connectivity index is 1.48. The third-order valence-electron chi connectivity index (χ3n) is 3.87. The molecule has 0 unspecified atom stereocenters. The number of rotatable bonds is 6. The Kier molecular flexibility index (Phi) is 6.16. The van der Waals surface area contributed by atoms with E-state index in [9.17, 15) is 14.4 Å². The maximum atomic E-state index is 12.3. The minimum atomic E-state index is -0.693. The lowest BCUT2D eigenvalue weighted by Gasteiger charge is -2.06. The third-order valence-corrected chi connectivity index (χ3v) is 5.64. The van der Waals surface area contributed by atoms with Crippen LogP contribution < -0.4 is 10.6 Å². The molecule has 138 valence electrons. The molecule has 0 aliphatic rings. The van der Waals surface area contributed by atoms with E-state index in [1.54, 1.807) is 18.2 Å². The molecule has 0 fully saturated rings. The fourth-order valence-corrected chi connectivity index (χ4v) is 3.89. The van der Waals surface area contributed by atoms with Gasteiger partial charge in [0.2, 0.25) is 5.78 Å². The Labute approximate surface area is 165 Å². The predicted octanol–water partition coefficient (Wildman–Crippen LogP) is 3.28. The zero-order valence-corrected chi connectivity index (χ0v) is 16.3. The van der Waals surface area contributed by atoms with Gasteiger partial charge in [-0.15, -0.1) is 11.3 Å². The van der Waals surface area contributed by atoms with Crippen molar-refractivity contribution >= 4 is 40.3 Å². The lowest BCUT2D eigenvalue weighted by molar-refractivity contribution is -0.139. The first kappa shape index (κ1) is 19.0. The van der Waals surface area contributed by atoms with Crippen molar-refractivity contribution in [2.24, 2.45) is 0 Å². The lowest BCUT2D eigenvalue weighted by Crippen LogP contribution is -2.39. The summed E-state index contributed by atoms with van der Waals surface area (Å²) in [6.45, 7) is 2.49. The summed E-state index contributed by atoms with van der Waals surface area (Å²) in [4.78, 5) is 37.5. The molecule has 0 saturated heterocycles. The van der Waals surface area contributed by atoms with Gasteiger partial charge in [-0.1, -0.05) is 29.8 Å². The Morgan fingerprint density at radius 2 is 1.59 bits per heavy atom. The van der Waals surface area contributed by atoms with Gasteiger partial charge in [0, 0.05) is 22.4 Å². The van der Waals surface area contributed by atoms with Crippen LogP contribution >= 0.6 is 22.7 Å². The van der Waals surface area contributed by atoms with Gasteiger partial charge in [0.15, 0.2) is 0 Å². The standard InChI is InChI=1S/C20H18N2O3S2/c1-13-2-4-14(5-3-13)10-21-19(24)20(25)22-11-16-6-7-17(27-16)18(23)15-8-9-26-12-15/h2-9,12H,10-11H2,1H3,(H,21,24)(H,22,25). The fraction of sp³-hybridized carbons (Fsp3) is 0.150. The van der Waals surface area contributed by atoms with Crippen LogP contribution in [-0.2, 0) is 22.7 Å². The highest BCUT2D eigenvalue weighted by Crippen LogP contribution is 2.21. The Hall–Kier alpha value is -2.77. The summed E-state index contributed by atoms with van der Waals surface area (Å²) in [5, 5.41) is 8.84. The maximum Gasteiger partial charge on any atom is 0.309 e. The van der Waals surface area contributed by atoms with Crippen LogP contribution in [0.25, 0.3) is 0 Å². The molecule has 7 heteroatoms. The zero-order chi connectivity index (χ0) is 19.2. The van der Waals surface area contributed by atoms with Crippen LogP contribution in [0.4, 0.5) is 0 Å². The molecule has 3 aromatic rings. The molecule has 27 heavy (non-hydrogen) atoms. The molecule has 2 N–H and O–H groups in total. The fourth-order valence-electron chi connectivity index (χ4n) is 2.35. The highest BCUT2D eigenvalue weighted by molar-refractivity contribution is 7.14. The van der Waals surface area contributed by atoms with Gasteiger partial charge in [0.25, 0.3) is 0 Å². The summed E-state index contributed by atoms with van der Waals surface area (Å²) < 4.78 is 0. The van der Waals surface area contributed by atoms with Crippen molar-refractivity contribution in [3.8, 4) is 0 Å². The minimum absolute atomic E-state index is 0.0327. The SMILES string of the molecule is Cc1ccc(CNC(=O)C(=O)NCc2ccc(C(=O)c3ccsc3)s2)cc1. The monoisotopic (exact) mass is 398 g/mol. The average molecular weight is 399 g/mol. The molecule has 1 aromatic carbocycles. The van der Waals surface area contributed by atoms with Crippen molar-refractivity contribution in [1.82, 2.24) is 10.6 Å². The molecule has 0 saturated carbocycles. The van der Waals surface area contributed by atoms with Crippen molar-refractivity contribution in [3.63, 3.8) is 0 Å². The Morgan fingerprint density at radius 3 is 2.26 bits per heavy atom. The maximum absolute atomic E-state index is 12.3. The van der Waals surface area contributed by atoms with Crippen LogP contribution in [0.1, 0.15) is 31.2 Å². The molecule has 0 aliphatic carbocycles. The number of carbonyl (C=O) groups excluding carboxylic acids is 3. The molecule has 2 amide bonds. The van der Waals surface area contributed by atoms with Gasteiger partial charge in [-0.25, -0.2) is 0 Å². The molecule has 2 heterocycles. The molecule has 0 aliphatic heterocycles. The van der Waals surface area contributed by atoms with Gasteiger partial charge in [0.05, 0.1) is 11.4 Å². The highest BCUT2D eigenvalue weighted by atomic mass is 32.1. The van der Waals surface area contributed by atoms with Gasteiger partial charge >= 0.3 is 11.8 Å². The second kappa shape index (κ2) is 8.75. The number of hydrogen-bond donors (Lipinski definition) is 2. The smallest absolute Gasteiger partial charge is 0.309 e. The highest BCUT2D eigenvalue weighted by Gasteiger charge is 2.15. The summed E-state index contributed by atoms with van der Waals surface area (Å²) in [7, 11) is 0. The van der Waals surface area contributed by atoms with E-state index < -0.39 is 11.8 Å². The summed E-state index contributed by atoms with van der Waals surface area (Å²) in [6.07, 6.45) is 0. The van der Waals surface area contributed by atoms with Crippen molar-refractivity contribution < 1.29 is 14.4 Å². The van der Waals surface area contributed by atoms with E-state index >= 15 is 0 Å². The van der Waals surface area contributed by atoms with E-state index in [4.69, 9.17) is 0 Å². The first-order chi connectivity index (χ1) is 13.0. The van der Waals surface area contributed by atoms with Crippen LogP contribution in [0.3, 0.4) is 0 Å². The number of carbonyl (C=O) groups is 3. The first-order valence-corrected chi connectivity index (χ1v) is 10.1. The second-order valence-corrected chi connectivity index (χ2v) is 7.91. The Bertz CT molecular complexity index is 944. The van der Waals surface area contributed by atoms with E-state index in [-0.39, 0.29) is 12.3 Å². The average Bonchev–Trinajstić information content (AvgIpc) is 3.37. The largest absolute Gasteiger partial charge is 0.344 e. The van der Waals surface area contributed by atoms with Crippen molar-refractivity contribution in [3.05, 3.63) is 79.7 Å². The molecule has 5 nitrogen and oxygen atoms in total. The van der Waals surface area contributed by atoms with Crippen LogP contribution in [0.15, 0.2) is 53.2 Å². The number of ketones is 1. The van der Waals surface area contributed by atoms with Crippen LogP contribution in [0, 0.1) is 6.92 Å². The number of benzene rings is 1. The van der Waals surface area contributed by atoms with Crippen LogP contribution in [0.5, 0.6) is 0 Å². The number of hydrogen-bond acceptors (Lipinski definition) is 5.